The molecule has 94 valence electrons. The minimum absolute atomic E-state index is 0.128. The number of nitrogens with one attached hydrogen (secondary N) is 1. The summed E-state index contributed by atoms with van der Waals surface area (Å²) >= 11 is 2.01. The van der Waals surface area contributed by atoms with Gasteiger partial charge in [0.25, 0.3) is 5.91 Å². The number of aromatic hydroxyl groups is 1. The lowest BCUT2D eigenvalue weighted by molar-refractivity contribution is 0.0933. The van der Waals surface area contributed by atoms with Crippen LogP contribution in [0.2, 0.25) is 0 Å². The first-order chi connectivity index (χ1) is 8.04. The third kappa shape index (κ3) is 4.51. The van der Waals surface area contributed by atoms with E-state index in [2.05, 4.69) is 5.32 Å². The number of ether oxygens (including phenoxy) is 1. The van der Waals surface area contributed by atoms with Crippen LogP contribution in [0.15, 0.2) is 18.2 Å². The molecule has 5 heteroatoms. The van der Waals surface area contributed by atoms with Gasteiger partial charge < -0.3 is 15.2 Å². The lowest BCUT2D eigenvalue weighted by atomic mass is 10.1. The average Bonchev–Trinajstić information content (AvgIpc) is 2.30. The van der Waals surface area contributed by atoms with Crippen LogP contribution < -0.4 is 5.32 Å². The van der Waals surface area contributed by atoms with Crippen molar-refractivity contribution < 1.29 is 14.6 Å². The summed E-state index contributed by atoms with van der Waals surface area (Å²) in [5.74, 6) is 0.212. The van der Waals surface area contributed by atoms with Gasteiger partial charge in [0.1, 0.15) is 5.75 Å². The van der Waals surface area contributed by atoms with E-state index in [4.69, 9.17) is 4.74 Å². The number of phenolic OH excluding ortho intramolecular Hbond substituents is 1. The van der Waals surface area contributed by atoms with Crippen molar-refractivity contribution in [2.75, 3.05) is 20.3 Å². The fourth-order valence-electron chi connectivity index (χ4n) is 1.37. The number of hydrogen-bond donors (Lipinski definition) is 2. The second-order valence-corrected chi connectivity index (χ2v) is 5.10. The average molecular weight is 349 g/mol. The van der Waals surface area contributed by atoms with Crippen molar-refractivity contribution in [1.29, 1.82) is 0 Å². The van der Waals surface area contributed by atoms with Crippen LogP contribution >= 0.6 is 22.6 Å². The summed E-state index contributed by atoms with van der Waals surface area (Å²) in [4.78, 5) is 11.8. The molecule has 0 aliphatic rings. The number of carbonyl (C=O) groups is 1. The van der Waals surface area contributed by atoms with E-state index in [0.29, 0.717) is 18.7 Å². The van der Waals surface area contributed by atoms with Crippen molar-refractivity contribution in [3.8, 4) is 5.75 Å². The highest BCUT2D eigenvalue weighted by Gasteiger charge is 2.09. The van der Waals surface area contributed by atoms with E-state index < -0.39 is 0 Å². The Morgan fingerprint density at radius 2 is 2.29 bits per heavy atom. The normalized spacial score (nSPS) is 12.2. The van der Waals surface area contributed by atoms with Crippen LogP contribution in [0.4, 0.5) is 0 Å². The minimum atomic E-state index is -0.181. The van der Waals surface area contributed by atoms with E-state index >= 15 is 0 Å². The van der Waals surface area contributed by atoms with Gasteiger partial charge in [0.15, 0.2) is 0 Å². The summed E-state index contributed by atoms with van der Waals surface area (Å²) in [5.41, 5.74) is 0.465. The number of methoxy groups -OCH3 is 1. The monoisotopic (exact) mass is 349 g/mol. The van der Waals surface area contributed by atoms with Gasteiger partial charge in [0.05, 0.1) is 10.2 Å². The Morgan fingerprint density at radius 3 is 2.88 bits per heavy atom. The Bertz CT molecular complexity index is 395. The second-order valence-electron chi connectivity index (χ2n) is 3.94. The molecule has 0 aromatic heterocycles. The van der Waals surface area contributed by atoms with Gasteiger partial charge in [-0.05, 0) is 46.7 Å². The summed E-state index contributed by atoms with van der Waals surface area (Å²) in [6, 6.07) is 4.87. The van der Waals surface area contributed by atoms with Crippen LogP contribution in [0.1, 0.15) is 17.3 Å². The number of benzene rings is 1. The van der Waals surface area contributed by atoms with Gasteiger partial charge in [0, 0.05) is 19.2 Å². The number of amides is 1. The second kappa shape index (κ2) is 6.80. The summed E-state index contributed by atoms with van der Waals surface area (Å²) in [6.07, 6.45) is 0. The Morgan fingerprint density at radius 1 is 1.59 bits per heavy atom. The topological polar surface area (TPSA) is 58.6 Å². The molecule has 1 aromatic carbocycles. The van der Waals surface area contributed by atoms with Gasteiger partial charge >= 0.3 is 0 Å². The molecular formula is C12H16INO3. The van der Waals surface area contributed by atoms with Gasteiger partial charge in [-0.15, -0.1) is 0 Å². The largest absolute Gasteiger partial charge is 0.507 e. The zero-order valence-corrected chi connectivity index (χ0v) is 12.0. The van der Waals surface area contributed by atoms with Gasteiger partial charge in [-0.1, -0.05) is 6.92 Å². The van der Waals surface area contributed by atoms with Crippen LogP contribution in [0.25, 0.3) is 0 Å². The molecule has 0 heterocycles. The Kier molecular flexibility index (Phi) is 5.70. The number of rotatable bonds is 5. The van der Waals surface area contributed by atoms with Crippen LogP contribution in [0, 0.1) is 9.49 Å². The molecule has 17 heavy (non-hydrogen) atoms. The number of carbonyl (C=O) groups excluding carboxylic acids is 1. The quantitative estimate of drug-likeness (QED) is 0.800. The van der Waals surface area contributed by atoms with Gasteiger partial charge in [0.2, 0.25) is 0 Å². The molecule has 1 amide bonds. The first-order valence-corrected chi connectivity index (χ1v) is 6.38. The van der Waals surface area contributed by atoms with Crippen molar-refractivity contribution in [2.24, 2.45) is 5.92 Å². The summed E-state index contributed by atoms with van der Waals surface area (Å²) in [5, 5.41) is 12.3. The van der Waals surface area contributed by atoms with Gasteiger partial charge in [-0.2, -0.15) is 0 Å². The molecule has 0 aliphatic carbocycles. The third-order valence-electron chi connectivity index (χ3n) is 2.27. The highest BCUT2D eigenvalue weighted by Crippen LogP contribution is 2.20. The predicted octanol–water partition coefficient (Wildman–Crippen LogP) is 2.01. The van der Waals surface area contributed by atoms with E-state index in [9.17, 15) is 9.90 Å². The molecule has 4 nitrogen and oxygen atoms in total. The van der Waals surface area contributed by atoms with E-state index in [1.165, 1.54) is 6.07 Å². The Hall–Kier alpha value is -0.820. The van der Waals surface area contributed by atoms with Crippen molar-refractivity contribution >= 4 is 28.5 Å². The highest BCUT2D eigenvalue weighted by atomic mass is 127. The molecule has 0 saturated heterocycles. The number of phenols is 1. The molecule has 0 fully saturated rings. The predicted molar refractivity (Wildman–Crippen MR) is 74.2 cm³/mol. The van der Waals surface area contributed by atoms with Crippen molar-refractivity contribution in [2.45, 2.75) is 6.92 Å². The van der Waals surface area contributed by atoms with E-state index in [-0.39, 0.29) is 17.6 Å². The lowest BCUT2D eigenvalue weighted by Crippen LogP contribution is -2.29. The number of hydrogen-bond acceptors (Lipinski definition) is 3. The van der Waals surface area contributed by atoms with E-state index in [1.54, 1.807) is 19.2 Å². The Labute approximate surface area is 115 Å². The molecule has 0 bridgehead atoms. The molecule has 2 N–H and O–H groups in total. The summed E-state index contributed by atoms with van der Waals surface area (Å²) < 4.78 is 5.71. The fraction of sp³-hybridized carbons (Fsp3) is 0.417. The Balaban J connectivity index is 2.55. The van der Waals surface area contributed by atoms with Crippen LogP contribution in [0.3, 0.4) is 0 Å². The molecule has 0 spiro atoms. The van der Waals surface area contributed by atoms with Crippen LogP contribution in [-0.2, 0) is 4.74 Å². The lowest BCUT2D eigenvalue weighted by Gasteiger charge is -2.11. The SMILES string of the molecule is COCC(C)CNC(=O)c1ccc(I)c(O)c1. The molecule has 0 aliphatic heterocycles. The molecule has 1 aromatic rings. The molecule has 0 saturated carbocycles. The van der Waals surface area contributed by atoms with Crippen molar-refractivity contribution in [3.05, 3.63) is 27.3 Å². The maximum absolute atomic E-state index is 11.8. The smallest absolute Gasteiger partial charge is 0.251 e. The zero-order valence-electron chi connectivity index (χ0n) is 9.87. The van der Waals surface area contributed by atoms with Crippen LogP contribution in [-0.4, -0.2) is 31.3 Å². The molecule has 1 atom stereocenters. The van der Waals surface area contributed by atoms with E-state index in [1.807, 2.05) is 29.5 Å². The molecule has 1 rings (SSSR count). The van der Waals surface area contributed by atoms with Crippen molar-refractivity contribution in [1.82, 2.24) is 5.32 Å². The first-order valence-electron chi connectivity index (χ1n) is 5.30. The molecular weight excluding hydrogens is 333 g/mol. The summed E-state index contributed by atoms with van der Waals surface area (Å²) in [7, 11) is 1.63. The first kappa shape index (κ1) is 14.2. The fourth-order valence-corrected chi connectivity index (χ4v) is 1.70. The maximum atomic E-state index is 11.8. The zero-order chi connectivity index (χ0) is 12.8. The minimum Gasteiger partial charge on any atom is -0.507 e. The summed E-state index contributed by atoms with van der Waals surface area (Å²) in [6.45, 7) is 3.16. The van der Waals surface area contributed by atoms with Gasteiger partial charge in [-0.25, -0.2) is 0 Å². The van der Waals surface area contributed by atoms with Gasteiger partial charge in [-0.3, -0.25) is 4.79 Å². The molecule has 1 unspecified atom stereocenters. The van der Waals surface area contributed by atoms with Crippen LogP contribution in [0.5, 0.6) is 5.75 Å². The van der Waals surface area contributed by atoms with Crippen molar-refractivity contribution in [3.63, 3.8) is 0 Å². The highest BCUT2D eigenvalue weighted by molar-refractivity contribution is 14.1. The third-order valence-corrected chi connectivity index (χ3v) is 3.18. The number of halogens is 1. The maximum Gasteiger partial charge on any atom is 0.251 e. The van der Waals surface area contributed by atoms with E-state index in [0.717, 1.165) is 3.57 Å². The standard InChI is InChI=1S/C12H16INO3/c1-8(7-17-2)6-14-12(16)9-3-4-10(13)11(15)5-9/h3-5,8,15H,6-7H2,1-2H3,(H,14,16). The molecule has 0 radical (unpaired) electrons.